The molecule has 0 saturated carbocycles. The summed E-state index contributed by atoms with van der Waals surface area (Å²) in [5.74, 6) is -0.736. The Balaban J connectivity index is 1.60. The van der Waals surface area contributed by atoms with Crippen LogP contribution < -0.4 is 10.2 Å². The smallest absolute Gasteiger partial charge is 0.258 e. The van der Waals surface area contributed by atoms with E-state index in [0.29, 0.717) is 17.7 Å². The second kappa shape index (κ2) is 8.27. The van der Waals surface area contributed by atoms with E-state index in [4.69, 9.17) is 0 Å². The molecule has 3 aromatic rings. The van der Waals surface area contributed by atoms with Gasteiger partial charge >= 0.3 is 0 Å². The van der Waals surface area contributed by atoms with Crippen LogP contribution in [0.1, 0.15) is 26.3 Å². The lowest BCUT2D eigenvalue weighted by atomic mass is 10.1. The minimum Gasteiger partial charge on any atom is -0.348 e. The molecule has 0 aliphatic heterocycles. The number of hydrogen-bond acceptors (Lipinski definition) is 2. The van der Waals surface area contributed by atoms with E-state index in [1.807, 2.05) is 42.5 Å². The third kappa shape index (κ3) is 4.58. The Bertz CT molecular complexity index is 923. The number of nitrogens with zero attached hydrogens (tertiary/aromatic N) is 1. The van der Waals surface area contributed by atoms with Crippen molar-refractivity contribution in [1.29, 1.82) is 0 Å². The molecular weight excluding hydrogens is 343 g/mol. The van der Waals surface area contributed by atoms with E-state index in [9.17, 15) is 14.0 Å². The van der Waals surface area contributed by atoms with Gasteiger partial charge in [-0.05, 0) is 54.1 Å². The number of rotatable bonds is 5. The average Bonchev–Trinajstić information content (AvgIpc) is 2.72. The molecule has 0 aliphatic rings. The van der Waals surface area contributed by atoms with Gasteiger partial charge in [-0.25, -0.2) is 4.39 Å². The van der Waals surface area contributed by atoms with Crippen molar-refractivity contribution >= 4 is 17.5 Å². The van der Waals surface area contributed by atoms with Crippen molar-refractivity contribution in [3.05, 3.63) is 101 Å². The van der Waals surface area contributed by atoms with Crippen molar-refractivity contribution in [3.8, 4) is 0 Å². The molecule has 2 amide bonds. The van der Waals surface area contributed by atoms with Gasteiger partial charge in [0.2, 0.25) is 0 Å². The molecule has 0 bridgehead atoms. The lowest BCUT2D eigenvalue weighted by Crippen LogP contribution is -2.26. The number of nitrogens with one attached hydrogen (secondary N) is 1. The highest BCUT2D eigenvalue weighted by molar-refractivity contribution is 6.05. The fraction of sp³-hybridized carbons (Fsp3) is 0.0909. The fourth-order valence-corrected chi connectivity index (χ4v) is 2.61. The predicted molar refractivity (Wildman–Crippen MR) is 103 cm³/mol. The third-order valence-electron chi connectivity index (χ3n) is 4.21. The second-order valence-corrected chi connectivity index (χ2v) is 6.09. The van der Waals surface area contributed by atoms with E-state index < -0.39 is 0 Å². The highest BCUT2D eigenvalue weighted by Crippen LogP contribution is 2.17. The average molecular weight is 362 g/mol. The molecule has 0 spiro atoms. The fourth-order valence-electron chi connectivity index (χ4n) is 2.61. The van der Waals surface area contributed by atoms with Crippen LogP contribution in [0.3, 0.4) is 0 Å². The maximum Gasteiger partial charge on any atom is 0.258 e. The summed E-state index contributed by atoms with van der Waals surface area (Å²) < 4.78 is 12.9. The number of halogens is 1. The highest BCUT2D eigenvalue weighted by Gasteiger charge is 2.13. The number of carbonyl (C=O) groups is 2. The largest absolute Gasteiger partial charge is 0.348 e. The monoisotopic (exact) mass is 362 g/mol. The zero-order chi connectivity index (χ0) is 19.2. The SMILES string of the molecule is CN(C(=O)c1ccccc1)c1ccc(CNC(=O)c2ccc(F)cc2)cc1. The van der Waals surface area contributed by atoms with Crippen molar-refractivity contribution < 1.29 is 14.0 Å². The zero-order valence-electron chi connectivity index (χ0n) is 14.9. The number of hydrogen-bond donors (Lipinski definition) is 1. The van der Waals surface area contributed by atoms with E-state index in [0.717, 1.165) is 11.3 Å². The minimum absolute atomic E-state index is 0.0898. The van der Waals surface area contributed by atoms with Gasteiger partial charge in [-0.1, -0.05) is 30.3 Å². The van der Waals surface area contributed by atoms with Gasteiger partial charge in [0.05, 0.1) is 0 Å². The molecule has 4 nitrogen and oxygen atoms in total. The van der Waals surface area contributed by atoms with Crippen LogP contribution in [0.15, 0.2) is 78.9 Å². The molecule has 0 aliphatic carbocycles. The summed E-state index contributed by atoms with van der Waals surface area (Å²) in [6.45, 7) is 0.340. The lowest BCUT2D eigenvalue weighted by molar-refractivity contribution is 0.0949. The first-order valence-corrected chi connectivity index (χ1v) is 8.50. The van der Waals surface area contributed by atoms with Gasteiger partial charge in [-0.3, -0.25) is 9.59 Å². The zero-order valence-corrected chi connectivity index (χ0v) is 14.9. The van der Waals surface area contributed by atoms with Crippen LogP contribution in [0.2, 0.25) is 0 Å². The summed E-state index contributed by atoms with van der Waals surface area (Å²) in [6, 6.07) is 21.8. The Kier molecular flexibility index (Phi) is 5.61. The van der Waals surface area contributed by atoms with E-state index in [-0.39, 0.29) is 17.6 Å². The first kappa shape index (κ1) is 18.3. The molecule has 0 fully saturated rings. The standard InChI is InChI=1S/C22H19FN2O2/c1-25(22(27)18-5-3-2-4-6-18)20-13-7-16(8-14-20)15-24-21(26)17-9-11-19(23)12-10-17/h2-14H,15H2,1H3,(H,24,26). The van der Waals surface area contributed by atoms with Gasteiger partial charge in [0, 0.05) is 30.4 Å². The summed E-state index contributed by atoms with van der Waals surface area (Å²) in [7, 11) is 1.72. The molecule has 5 heteroatoms. The van der Waals surface area contributed by atoms with Crippen molar-refractivity contribution in [2.75, 3.05) is 11.9 Å². The van der Waals surface area contributed by atoms with Gasteiger partial charge in [-0.15, -0.1) is 0 Å². The van der Waals surface area contributed by atoms with Crippen LogP contribution in [-0.2, 0) is 6.54 Å². The Morgan fingerprint density at radius 1 is 0.852 bits per heavy atom. The number of amides is 2. The molecule has 0 unspecified atom stereocenters. The molecule has 3 rings (SSSR count). The molecule has 3 aromatic carbocycles. The summed E-state index contributed by atoms with van der Waals surface area (Å²) >= 11 is 0. The molecule has 0 atom stereocenters. The highest BCUT2D eigenvalue weighted by atomic mass is 19.1. The van der Waals surface area contributed by atoms with Gasteiger partial charge in [0.1, 0.15) is 5.82 Å². The molecule has 0 radical (unpaired) electrons. The Labute approximate surface area is 157 Å². The van der Waals surface area contributed by atoms with E-state index >= 15 is 0 Å². The van der Waals surface area contributed by atoms with Crippen LogP contribution in [-0.4, -0.2) is 18.9 Å². The molecule has 1 N–H and O–H groups in total. The minimum atomic E-state index is -0.378. The van der Waals surface area contributed by atoms with E-state index in [1.54, 1.807) is 24.1 Å². The Hall–Kier alpha value is -3.47. The van der Waals surface area contributed by atoms with Crippen LogP contribution >= 0.6 is 0 Å². The molecular formula is C22H19FN2O2. The number of benzene rings is 3. The molecule has 136 valence electrons. The predicted octanol–water partition coefficient (Wildman–Crippen LogP) is 4.03. The first-order chi connectivity index (χ1) is 13.0. The molecule has 0 aromatic heterocycles. The van der Waals surface area contributed by atoms with Gasteiger partial charge < -0.3 is 10.2 Å². The number of carbonyl (C=O) groups excluding carboxylic acids is 2. The normalized spacial score (nSPS) is 10.3. The van der Waals surface area contributed by atoms with Crippen molar-refractivity contribution in [3.63, 3.8) is 0 Å². The maximum atomic E-state index is 12.9. The molecule has 0 saturated heterocycles. The number of anilines is 1. The summed E-state index contributed by atoms with van der Waals surface area (Å²) in [6.07, 6.45) is 0. The first-order valence-electron chi connectivity index (χ1n) is 8.50. The van der Waals surface area contributed by atoms with E-state index in [1.165, 1.54) is 24.3 Å². The molecule has 27 heavy (non-hydrogen) atoms. The summed E-state index contributed by atoms with van der Waals surface area (Å²) in [4.78, 5) is 26.1. The van der Waals surface area contributed by atoms with Crippen molar-refractivity contribution in [1.82, 2.24) is 5.32 Å². The van der Waals surface area contributed by atoms with Gasteiger partial charge in [0.25, 0.3) is 11.8 Å². The van der Waals surface area contributed by atoms with Crippen molar-refractivity contribution in [2.24, 2.45) is 0 Å². The Morgan fingerprint density at radius 3 is 2.11 bits per heavy atom. The summed E-state index contributed by atoms with van der Waals surface area (Å²) in [5.41, 5.74) is 2.68. The maximum absolute atomic E-state index is 12.9. The van der Waals surface area contributed by atoms with Crippen LogP contribution in [0.5, 0.6) is 0 Å². The van der Waals surface area contributed by atoms with Crippen molar-refractivity contribution in [2.45, 2.75) is 6.54 Å². The second-order valence-electron chi connectivity index (χ2n) is 6.09. The van der Waals surface area contributed by atoms with E-state index in [2.05, 4.69) is 5.32 Å². The lowest BCUT2D eigenvalue weighted by Gasteiger charge is -2.18. The third-order valence-corrected chi connectivity index (χ3v) is 4.21. The van der Waals surface area contributed by atoms with Gasteiger partial charge in [-0.2, -0.15) is 0 Å². The summed E-state index contributed by atoms with van der Waals surface area (Å²) in [5, 5.41) is 2.79. The topological polar surface area (TPSA) is 49.4 Å². The van der Waals surface area contributed by atoms with Gasteiger partial charge in [0.15, 0.2) is 0 Å². The Morgan fingerprint density at radius 2 is 1.48 bits per heavy atom. The van der Waals surface area contributed by atoms with Crippen LogP contribution in [0, 0.1) is 5.82 Å². The van der Waals surface area contributed by atoms with Crippen LogP contribution in [0.4, 0.5) is 10.1 Å². The quantitative estimate of drug-likeness (QED) is 0.745. The van der Waals surface area contributed by atoms with Crippen LogP contribution in [0.25, 0.3) is 0 Å². The molecule has 0 heterocycles.